The highest BCUT2D eigenvalue weighted by Gasteiger charge is 2.14. The average Bonchev–Trinajstić information content (AvgIpc) is 3.31. The van der Waals surface area contributed by atoms with Gasteiger partial charge >= 0.3 is 5.97 Å². The van der Waals surface area contributed by atoms with Crippen molar-refractivity contribution in [2.45, 2.75) is 13.5 Å². The number of para-hydroxylation sites is 1. The van der Waals surface area contributed by atoms with Gasteiger partial charge in [0, 0.05) is 5.69 Å². The zero-order chi connectivity index (χ0) is 23.8. The topological polar surface area (TPSA) is 111 Å². The molecular weight excluding hydrogens is 424 g/mol. The number of anilines is 1. The lowest BCUT2D eigenvalue weighted by Gasteiger charge is -2.11. The Balaban J connectivity index is 1.73. The van der Waals surface area contributed by atoms with Crippen molar-refractivity contribution in [3.05, 3.63) is 82.8 Å². The van der Waals surface area contributed by atoms with Crippen molar-refractivity contribution in [2.24, 2.45) is 0 Å². The number of nitriles is 1. The third kappa shape index (κ3) is 5.80. The van der Waals surface area contributed by atoms with Gasteiger partial charge in [0.15, 0.2) is 11.5 Å². The van der Waals surface area contributed by atoms with Gasteiger partial charge in [-0.25, -0.2) is 4.79 Å². The van der Waals surface area contributed by atoms with Gasteiger partial charge in [0.1, 0.15) is 24.0 Å². The van der Waals surface area contributed by atoms with Crippen LogP contribution in [0, 0.1) is 18.3 Å². The van der Waals surface area contributed by atoms with Gasteiger partial charge in [0.25, 0.3) is 5.91 Å². The Labute approximate surface area is 191 Å². The molecule has 1 amide bonds. The number of hydrogen-bond donors (Lipinski definition) is 1. The summed E-state index contributed by atoms with van der Waals surface area (Å²) >= 11 is 0. The highest BCUT2D eigenvalue weighted by molar-refractivity contribution is 6.10. The molecule has 168 valence electrons. The molecule has 0 atom stereocenters. The Morgan fingerprint density at radius 1 is 1.09 bits per heavy atom. The maximum absolute atomic E-state index is 12.6. The van der Waals surface area contributed by atoms with Crippen molar-refractivity contribution in [1.82, 2.24) is 0 Å². The molecule has 1 N–H and O–H groups in total. The fourth-order valence-electron chi connectivity index (χ4n) is 2.93. The minimum atomic E-state index is -0.574. The second-order valence-electron chi connectivity index (χ2n) is 6.90. The molecule has 3 rings (SSSR count). The van der Waals surface area contributed by atoms with Crippen LogP contribution in [0.3, 0.4) is 0 Å². The van der Waals surface area contributed by atoms with Gasteiger partial charge < -0.3 is 23.9 Å². The minimum Gasteiger partial charge on any atom is -0.493 e. The molecule has 3 aromatic rings. The quantitative estimate of drug-likeness (QED) is 0.308. The summed E-state index contributed by atoms with van der Waals surface area (Å²) in [5.74, 6) is 0.256. The van der Waals surface area contributed by atoms with Crippen molar-refractivity contribution in [1.29, 1.82) is 5.26 Å². The first-order valence-electron chi connectivity index (χ1n) is 9.91. The van der Waals surface area contributed by atoms with Crippen LogP contribution >= 0.6 is 0 Å². The maximum Gasteiger partial charge on any atom is 0.373 e. The number of furan rings is 1. The van der Waals surface area contributed by atoms with E-state index in [1.807, 2.05) is 25.1 Å². The molecule has 0 aliphatic heterocycles. The van der Waals surface area contributed by atoms with E-state index in [1.165, 1.54) is 26.4 Å². The monoisotopic (exact) mass is 446 g/mol. The Morgan fingerprint density at radius 2 is 1.88 bits per heavy atom. The highest BCUT2D eigenvalue weighted by atomic mass is 16.5. The van der Waals surface area contributed by atoms with Crippen molar-refractivity contribution >= 4 is 23.6 Å². The number of nitrogens with one attached hydrogen (secondary N) is 1. The molecule has 0 aliphatic carbocycles. The average molecular weight is 446 g/mol. The van der Waals surface area contributed by atoms with E-state index in [0.717, 1.165) is 5.56 Å². The van der Waals surface area contributed by atoms with E-state index >= 15 is 0 Å². The molecule has 0 spiro atoms. The largest absolute Gasteiger partial charge is 0.493 e. The zero-order valence-electron chi connectivity index (χ0n) is 18.4. The molecule has 8 nitrogen and oxygen atoms in total. The SMILES string of the molecule is COC(=O)c1ccc(COc2ccc(/C=C(\C#N)C(=O)Nc3ccccc3C)cc2OC)o1. The molecule has 0 bridgehead atoms. The van der Waals surface area contributed by atoms with Crippen LogP contribution in [0.5, 0.6) is 11.5 Å². The van der Waals surface area contributed by atoms with Crippen LogP contribution in [-0.4, -0.2) is 26.1 Å². The summed E-state index contributed by atoms with van der Waals surface area (Å²) in [6.45, 7) is 1.93. The summed E-state index contributed by atoms with van der Waals surface area (Å²) in [6.07, 6.45) is 1.47. The fourth-order valence-corrected chi connectivity index (χ4v) is 2.93. The lowest BCUT2D eigenvalue weighted by atomic mass is 10.1. The van der Waals surface area contributed by atoms with Gasteiger partial charge in [-0.05, 0) is 54.5 Å². The summed E-state index contributed by atoms with van der Waals surface area (Å²) in [4.78, 5) is 24.0. The smallest absolute Gasteiger partial charge is 0.373 e. The summed E-state index contributed by atoms with van der Waals surface area (Å²) in [5.41, 5.74) is 2.06. The van der Waals surface area contributed by atoms with E-state index in [1.54, 1.807) is 36.4 Å². The number of benzene rings is 2. The van der Waals surface area contributed by atoms with Crippen LogP contribution < -0.4 is 14.8 Å². The van der Waals surface area contributed by atoms with Crippen molar-refractivity contribution in [3.8, 4) is 17.6 Å². The molecular formula is C25H22N2O6. The number of carbonyl (C=O) groups is 2. The van der Waals surface area contributed by atoms with Crippen LogP contribution in [0.15, 0.2) is 64.6 Å². The standard InChI is InChI=1S/C25H22N2O6/c1-16-6-4-5-7-20(16)27-24(28)18(14-26)12-17-8-10-21(23(13-17)30-2)32-15-19-9-11-22(33-19)25(29)31-3/h4-13H,15H2,1-3H3,(H,27,28)/b18-12+. The molecule has 1 heterocycles. The fraction of sp³-hybridized carbons (Fsp3) is 0.160. The molecule has 1 aromatic heterocycles. The van der Waals surface area contributed by atoms with Gasteiger partial charge in [-0.2, -0.15) is 5.26 Å². The van der Waals surface area contributed by atoms with E-state index < -0.39 is 11.9 Å². The van der Waals surface area contributed by atoms with Gasteiger partial charge in [-0.1, -0.05) is 24.3 Å². The summed E-state index contributed by atoms with van der Waals surface area (Å²) in [5, 5.41) is 12.2. The Bertz CT molecular complexity index is 1240. The minimum absolute atomic E-state index is 0.0556. The number of rotatable bonds is 8. The zero-order valence-corrected chi connectivity index (χ0v) is 18.4. The summed E-state index contributed by atoms with van der Waals surface area (Å²) in [6, 6.07) is 17.4. The van der Waals surface area contributed by atoms with Crippen LogP contribution in [0.25, 0.3) is 6.08 Å². The van der Waals surface area contributed by atoms with E-state index in [-0.39, 0.29) is 17.9 Å². The van der Waals surface area contributed by atoms with E-state index in [9.17, 15) is 14.9 Å². The first-order chi connectivity index (χ1) is 15.9. The van der Waals surface area contributed by atoms with Crippen LogP contribution in [0.4, 0.5) is 5.69 Å². The number of hydrogen-bond acceptors (Lipinski definition) is 7. The number of nitrogens with zero attached hydrogens (tertiary/aromatic N) is 1. The van der Waals surface area contributed by atoms with Gasteiger partial charge in [0.2, 0.25) is 5.76 Å². The second kappa shape index (κ2) is 10.7. The third-order valence-corrected chi connectivity index (χ3v) is 4.68. The van der Waals surface area contributed by atoms with Crippen molar-refractivity contribution < 1.29 is 28.2 Å². The van der Waals surface area contributed by atoms with E-state index in [2.05, 4.69) is 10.1 Å². The second-order valence-corrected chi connectivity index (χ2v) is 6.90. The number of aryl methyl sites for hydroxylation is 1. The molecule has 0 fully saturated rings. The first kappa shape index (κ1) is 23.2. The van der Waals surface area contributed by atoms with Gasteiger partial charge in [-0.3, -0.25) is 4.79 Å². The number of amides is 1. The summed E-state index contributed by atoms with van der Waals surface area (Å²) in [7, 11) is 2.75. The number of methoxy groups -OCH3 is 2. The molecule has 0 unspecified atom stereocenters. The predicted octanol–water partition coefficient (Wildman–Crippen LogP) is 4.51. The van der Waals surface area contributed by atoms with Gasteiger partial charge in [0.05, 0.1) is 14.2 Å². The molecule has 8 heteroatoms. The molecule has 0 saturated carbocycles. The number of ether oxygens (including phenoxy) is 3. The normalized spacial score (nSPS) is 10.8. The molecule has 2 aromatic carbocycles. The Hall–Kier alpha value is -4.51. The van der Waals surface area contributed by atoms with Crippen LogP contribution in [0.2, 0.25) is 0 Å². The van der Waals surface area contributed by atoms with E-state index in [0.29, 0.717) is 28.5 Å². The predicted molar refractivity (Wildman–Crippen MR) is 121 cm³/mol. The lowest BCUT2D eigenvalue weighted by Crippen LogP contribution is -2.14. The molecule has 33 heavy (non-hydrogen) atoms. The van der Waals surface area contributed by atoms with Crippen LogP contribution in [-0.2, 0) is 16.1 Å². The molecule has 0 radical (unpaired) electrons. The number of carbonyl (C=O) groups excluding carboxylic acids is 2. The lowest BCUT2D eigenvalue weighted by molar-refractivity contribution is -0.112. The third-order valence-electron chi connectivity index (χ3n) is 4.68. The molecule has 0 aliphatic rings. The summed E-state index contributed by atoms with van der Waals surface area (Å²) < 4.78 is 21.1. The molecule has 0 saturated heterocycles. The van der Waals surface area contributed by atoms with E-state index in [4.69, 9.17) is 13.9 Å². The number of esters is 1. The van der Waals surface area contributed by atoms with Crippen molar-refractivity contribution in [3.63, 3.8) is 0 Å². The van der Waals surface area contributed by atoms with Gasteiger partial charge in [-0.15, -0.1) is 0 Å². The Morgan fingerprint density at radius 3 is 2.58 bits per heavy atom. The first-order valence-corrected chi connectivity index (χ1v) is 9.91. The van der Waals surface area contributed by atoms with Crippen LogP contribution in [0.1, 0.15) is 27.4 Å². The highest BCUT2D eigenvalue weighted by Crippen LogP contribution is 2.30. The Kier molecular flexibility index (Phi) is 7.50. The van der Waals surface area contributed by atoms with Crippen molar-refractivity contribution in [2.75, 3.05) is 19.5 Å². The maximum atomic E-state index is 12.6.